The van der Waals surface area contributed by atoms with Crippen LogP contribution in [-0.2, 0) is 0 Å². The molecule has 1 N–H and O–H groups in total. The molecule has 0 fully saturated rings. The molecule has 0 bridgehead atoms. The highest BCUT2D eigenvalue weighted by Gasteiger charge is 2.11. The molecular formula is C21H17N3. The second-order valence-corrected chi connectivity index (χ2v) is 5.72. The van der Waals surface area contributed by atoms with Crippen LogP contribution in [0.15, 0.2) is 79.0 Å². The quantitative estimate of drug-likeness (QED) is 0.571. The molecule has 0 aliphatic carbocycles. The van der Waals surface area contributed by atoms with Gasteiger partial charge in [0, 0.05) is 28.6 Å². The summed E-state index contributed by atoms with van der Waals surface area (Å²) in [4.78, 5) is 12.7. The Bertz CT molecular complexity index is 940. The summed E-state index contributed by atoms with van der Waals surface area (Å²) in [7, 11) is 0. The van der Waals surface area contributed by atoms with E-state index < -0.39 is 0 Å². The number of nitrogens with zero attached hydrogens (tertiary/aromatic N) is 2. The van der Waals surface area contributed by atoms with Gasteiger partial charge in [0.25, 0.3) is 0 Å². The van der Waals surface area contributed by atoms with Gasteiger partial charge in [-0.05, 0) is 19.1 Å². The monoisotopic (exact) mass is 311 g/mol. The van der Waals surface area contributed by atoms with Crippen molar-refractivity contribution in [2.45, 2.75) is 6.92 Å². The molecule has 0 radical (unpaired) electrons. The van der Waals surface area contributed by atoms with Crippen LogP contribution in [0.25, 0.3) is 33.9 Å². The van der Waals surface area contributed by atoms with Gasteiger partial charge in [0.2, 0.25) is 0 Å². The van der Waals surface area contributed by atoms with Crippen LogP contribution in [0.4, 0.5) is 0 Å². The molecule has 2 heterocycles. The Morgan fingerprint density at radius 2 is 1.38 bits per heavy atom. The number of aromatic nitrogens is 3. The molecule has 3 nitrogen and oxygen atoms in total. The number of rotatable bonds is 3. The van der Waals surface area contributed by atoms with E-state index in [-0.39, 0.29) is 0 Å². The molecule has 2 aromatic carbocycles. The minimum absolute atomic E-state index is 0.884. The maximum absolute atomic E-state index is 4.76. The average Bonchev–Trinajstić information content (AvgIpc) is 3.05. The molecule has 0 spiro atoms. The summed E-state index contributed by atoms with van der Waals surface area (Å²) in [6, 6.07) is 24.5. The number of imidazole rings is 1. The number of aryl methyl sites for hydroxylation is 1. The van der Waals surface area contributed by atoms with Gasteiger partial charge in [-0.25, -0.2) is 4.98 Å². The number of H-pyrrole nitrogens is 1. The van der Waals surface area contributed by atoms with Crippen LogP contribution in [-0.4, -0.2) is 15.0 Å². The standard InChI is InChI=1S/C21H17N3/c1-15-20(24-21(23-15)17-10-6-3-7-11-17)18-12-13-19(22-14-18)16-8-4-2-5-9-16/h2-14H,1H3,(H,23,24). The molecule has 4 rings (SSSR count). The maximum Gasteiger partial charge on any atom is 0.138 e. The number of hydrogen-bond acceptors (Lipinski definition) is 2. The minimum atomic E-state index is 0.884. The van der Waals surface area contributed by atoms with Gasteiger partial charge in [0.1, 0.15) is 5.82 Å². The molecule has 3 heteroatoms. The van der Waals surface area contributed by atoms with Gasteiger partial charge in [-0.15, -0.1) is 0 Å². The van der Waals surface area contributed by atoms with Gasteiger partial charge in [0.05, 0.1) is 11.4 Å². The summed E-state index contributed by atoms with van der Waals surface area (Å²) >= 11 is 0. The van der Waals surface area contributed by atoms with Crippen molar-refractivity contribution in [3.05, 3.63) is 84.7 Å². The van der Waals surface area contributed by atoms with Crippen LogP contribution in [0.3, 0.4) is 0 Å². The second kappa shape index (κ2) is 6.13. The summed E-state index contributed by atoms with van der Waals surface area (Å²) in [6.07, 6.45) is 1.89. The maximum atomic E-state index is 4.76. The zero-order valence-electron chi connectivity index (χ0n) is 13.4. The third-order valence-corrected chi connectivity index (χ3v) is 4.04. The Kier molecular flexibility index (Phi) is 3.67. The van der Waals surface area contributed by atoms with E-state index in [2.05, 4.69) is 40.3 Å². The molecule has 0 saturated heterocycles. The third-order valence-electron chi connectivity index (χ3n) is 4.04. The summed E-state index contributed by atoms with van der Waals surface area (Å²) < 4.78 is 0. The lowest BCUT2D eigenvalue weighted by Crippen LogP contribution is -1.86. The fraction of sp³-hybridized carbons (Fsp3) is 0.0476. The summed E-state index contributed by atoms with van der Waals surface area (Å²) in [5.74, 6) is 0.884. The average molecular weight is 311 g/mol. The first-order chi connectivity index (χ1) is 11.8. The molecule has 116 valence electrons. The van der Waals surface area contributed by atoms with E-state index in [0.717, 1.165) is 39.6 Å². The molecule has 0 amide bonds. The van der Waals surface area contributed by atoms with Crippen molar-refractivity contribution in [2.24, 2.45) is 0 Å². The highest BCUT2D eigenvalue weighted by molar-refractivity contribution is 5.69. The Hall–Kier alpha value is -3.20. The summed E-state index contributed by atoms with van der Waals surface area (Å²) in [5.41, 5.74) is 6.18. The smallest absolute Gasteiger partial charge is 0.138 e. The lowest BCUT2D eigenvalue weighted by molar-refractivity contribution is 1.25. The van der Waals surface area contributed by atoms with Crippen LogP contribution < -0.4 is 0 Å². The van der Waals surface area contributed by atoms with Crippen molar-refractivity contribution in [3.8, 4) is 33.9 Å². The van der Waals surface area contributed by atoms with Gasteiger partial charge in [-0.3, -0.25) is 4.98 Å². The lowest BCUT2D eigenvalue weighted by Gasteiger charge is -2.02. The normalized spacial score (nSPS) is 10.7. The Balaban J connectivity index is 1.68. The number of aromatic amines is 1. The van der Waals surface area contributed by atoms with Gasteiger partial charge >= 0.3 is 0 Å². The van der Waals surface area contributed by atoms with Crippen molar-refractivity contribution in [1.82, 2.24) is 15.0 Å². The van der Waals surface area contributed by atoms with Crippen LogP contribution in [0.5, 0.6) is 0 Å². The number of nitrogens with one attached hydrogen (secondary N) is 1. The van der Waals surface area contributed by atoms with E-state index >= 15 is 0 Å². The largest absolute Gasteiger partial charge is 0.342 e. The van der Waals surface area contributed by atoms with Crippen molar-refractivity contribution in [1.29, 1.82) is 0 Å². The van der Waals surface area contributed by atoms with Crippen LogP contribution in [0.2, 0.25) is 0 Å². The number of pyridine rings is 1. The SMILES string of the molecule is Cc1[nH]c(-c2ccccc2)nc1-c1ccc(-c2ccccc2)nc1. The molecule has 0 aliphatic rings. The minimum Gasteiger partial charge on any atom is -0.342 e. The fourth-order valence-corrected chi connectivity index (χ4v) is 2.79. The molecule has 2 aromatic heterocycles. The predicted molar refractivity (Wildman–Crippen MR) is 97.4 cm³/mol. The van der Waals surface area contributed by atoms with Crippen LogP contribution >= 0.6 is 0 Å². The Morgan fingerprint density at radius 1 is 0.708 bits per heavy atom. The highest BCUT2D eigenvalue weighted by Crippen LogP contribution is 2.26. The topological polar surface area (TPSA) is 41.6 Å². The first-order valence-electron chi connectivity index (χ1n) is 7.95. The van der Waals surface area contributed by atoms with E-state index in [1.165, 1.54) is 0 Å². The van der Waals surface area contributed by atoms with Crippen molar-refractivity contribution in [2.75, 3.05) is 0 Å². The molecule has 0 atom stereocenters. The van der Waals surface area contributed by atoms with E-state index in [1.54, 1.807) is 0 Å². The van der Waals surface area contributed by atoms with E-state index in [4.69, 9.17) is 4.98 Å². The molecule has 0 unspecified atom stereocenters. The van der Waals surface area contributed by atoms with E-state index in [9.17, 15) is 0 Å². The molecule has 24 heavy (non-hydrogen) atoms. The van der Waals surface area contributed by atoms with Gasteiger partial charge in [-0.1, -0.05) is 60.7 Å². The molecule has 0 saturated carbocycles. The first kappa shape index (κ1) is 14.4. The zero-order valence-corrected chi connectivity index (χ0v) is 13.4. The van der Waals surface area contributed by atoms with E-state index in [0.29, 0.717) is 0 Å². The molecule has 0 aliphatic heterocycles. The van der Waals surface area contributed by atoms with Crippen molar-refractivity contribution in [3.63, 3.8) is 0 Å². The molecule has 4 aromatic rings. The van der Waals surface area contributed by atoms with Crippen molar-refractivity contribution >= 4 is 0 Å². The molecular weight excluding hydrogens is 294 g/mol. The van der Waals surface area contributed by atoms with Gasteiger partial charge in [-0.2, -0.15) is 0 Å². The van der Waals surface area contributed by atoms with Gasteiger partial charge < -0.3 is 4.98 Å². The number of benzene rings is 2. The Morgan fingerprint density at radius 3 is 2.00 bits per heavy atom. The summed E-state index contributed by atoms with van der Waals surface area (Å²) in [5, 5.41) is 0. The van der Waals surface area contributed by atoms with Crippen molar-refractivity contribution < 1.29 is 0 Å². The van der Waals surface area contributed by atoms with E-state index in [1.807, 2.05) is 55.6 Å². The third kappa shape index (κ3) is 2.72. The number of hydrogen-bond donors (Lipinski definition) is 1. The highest BCUT2D eigenvalue weighted by atomic mass is 14.9. The first-order valence-corrected chi connectivity index (χ1v) is 7.95. The van der Waals surface area contributed by atoms with Crippen LogP contribution in [0.1, 0.15) is 5.69 Å². The van der Waals surface area contributed by atoms with Crippen LogP contribution in [0, 0.1) is 6.92 Å². The Labute approximate surface area is 141 Å². The zero-order chi connectivity index (χ0) is 16.4. The summed E-state index contributed by atoms with van der Waals surface area (Å²) in [6.45, 7) is 2.04. The lowest BCUT2D eigenvalue weighted by atomic mass is 10.1. The second-order valence-electron chi connectivity index (χ2n) is 5.72. The fourth-order valence-electron chi connectivity index (χ4n) is 2.79. The van der Waals surface area contributed by atoms with Gasteiger partial charge in [0.15, 0.2) is 0 Å². The predicted octanol–water partition coefficient (Wildman–Crippen LogP) is 5.11.